The van der Waals surface area contributed by atoms with Crippen molar-refractivity contribution in [3.63, 3.8) is 0 Å². The van der Waals surface area contributed by atoms with Crippen LogP contribution < -0.4 is 11.1 Å². The smallest absolute Gasteiger partial charge is 0.0897 e. The normalized spacial score (nSPS) is 27.9. The van der Waals surface area contributed by atoms with E-state index in [1.54, 1.807) is 11.3 Å². The van der Waals surface area contributed by atoms with E-state index in [1.165, 1.54) is 17.7 Å². The van der Waals surface area contributed by atoms with E-state index in [2.05, 4.69) is 17.2 Å². The number of nitrogens with zero attached hydrogens (tertiary/aromatic N) is 1. The molecule has 0 aliphatic carbocycles. The van der Waals surface area contributed by atoms with Crippen LogP contribution in [0.4, 0.5) is 0 Å². The van der Waals surface area contributed by atoms with Crippen molar-refractivity contribution in [2.24, 2.45) is 11.7 Å². The molecule has 0 aromatic carbocycles. The molecule has 1 saturated heterocycles. The Morgan fingerprint density at radius 3 is 3.00 bits per heavy atom. The average molecular weight is 211 g/mol. The Labute approximate surface area is 88.7 Å². The predicted molar refractivity (Wildman–Crippen MR) is 59.4 cm³/mol. The van der Waals surface area contributed by atoms with Crippen molar-refractivity contribution in [3.8, 4) is 0 Å². The summed E-state index contributed by atoms with van der Waals surface area (Å²) in [6, 6.07) is 0.518. The molecule has 0 amide bonds. The fourth-order valence-corrected chi connectivity index (χ4v) is 2.79. The molecule has 1 aromatic heterocycles. The Hall–Kier alpha value is -0.450. The van der Waals surface area contributed by atoms with Crippen molar-refractivity contribution in [3.05, 3.63) is 16.1 Å². The van der Waals surface area contributed by atoms with Crippen molar-refractivity contribution in [1.29, 1.82) is 0 Å². The predicted octanol–water partition coefficient (Wildman–Crippen LogP) is 1.45. The molecule has 3 N–H and O–H groups in total. The first kappa shape index (κ1) is 10.1. The van der Waals surface area contributed by atoms with Gasteiger partial charge in [0.2, 0.25) is 0 Å². The standard InChI is InChI=1S/C10H17N3S/c1-7-12-6-10(14-7)9-3-2-8(4-11)5-13-9/h6,8-9,13H,2-5,11H2,1H3. The van der Waals surface area contributed by atoms with Crippen molar-refractivity contribution in [2.45, 2.75) is 25.8 Å². The van der Waals surface area contributed by atoms with Gasteiger partial charge in [0.25, 0.3) is 0 Å². The lowest BCUT2D eigenvalue weighted by Crippen LogP contribution is -2.36. The number of rotatable bonds is 2. The van der Waals surface area contributed by atoms with Gasteiger partial charge in [-0.1, -0.05) is 0 Å². The highest BCUT2D eigenvalue weighted by Gasteiger charge is 2.21. The van der Waals surface area contributed by atoms with E-state index < -0.39 is 0 Å². The maximum Gasteiger partial charge on any atom is 0.0897 e. The second kappa shape index (κ2) is 4.38. The van der Waals surface area contributed by atoms with E-state index in [0.29, 0.717) is 12.0 Å². The Balaban J connectivity index is 1.95. The maximum absolute atomic E-state index is 5.64. The summed E-state index contributed by atoms with van der Waals surface area (Å²) in [7, 11) is 0. The zero-order valence-electron chi connectivity index (χ0n) is 8.49. The number of aryl methyl sites for hydroxylation is 1. The summed E-state index contributed by atoms with van der Waals surface area (Å²) in [5.41, 5.74) is 5.64. The topological polar surface area (TPSA) is 50.9 Å². The molecule has 2 rings (SSSR count). The highest BCUT2D eigenvalue weighted by molar-refractivity contribution is 7.11. The van der Waals surface area contributed by atoms with Crippen LogP contribution in [0.3, 0.4) is 0 Å². The zero-order valence-corrected chi connectivity index (χ0v) is 9.31. The third kappa shape index (κ3) is 2.13. The van der Waals surface area contributed by atoms with Crippen LogP contribution in [0.2, 0.25) is 0 Å². The van der Waals surface area contributed by atoms with E-state index in [-0.39, 0.29) is 0 Å². The molecule has 1 aliphatic heterocycles. The van der Waals surface area contributed by atoms with E-state index in [0.717, 1.165) is 18.1 Å². The van der Waals surface area contributed by atoms with E-state index >= 15 is 0 Å². The van der Waals surface area contributed by atoms with Crippen LogP contribution in [-0.4, -0.2) is 18.1 Å². The van der Waals surface area contributed by atoms with Gasteiger partial charge in [-0.25, -0.2) is 4.98 Å². The minimum Gasteiger partial charge on any atom is -0.330 e. The number of piperidine rings is 1. The molecule has 0 bridgehead atoms. The summed E-state index contributed by atoms with van der Waals surface area (Å²) in [5.74, 6) is 0.667. The molecule has 1 aromatic rings. The van der Waals surface area contributed by atoms with Crippen LogP contribution in [0.15, 0.2) is 6.20 Å². The van der Waals surface area contributed by atoms with Crippen LogP contribution in [-0.2, 0) is 0 Å². The van der Waals surface area contributed by atoms with E-state index in [9.17, 15) is 0 Å². The molecule has 78 valence electrons. The number of hydrogen-bond acceptors (Lipinski definition) is 4. The van der Waals surface area contributed by atoms with Crippen molar-refractivity contribution in [1.82, 2.24) is 10.3 Å². The molecule has 2 atom stereocenters. The molecule has 2 heterocycles. The summed E-state index contributed by atoms with van der Waals surface area (Å²) >= 11 is 1.80. The van der Waals surface area contributed by atoms with Gasteiger partial charge in [0, 0.05) is 17.1 Å². The molecular weight excluding hydrogens is 194 g/mol. The number of hydrogen-bond donors (Lipinski definition) is 2. The third-order valence-corrected chi connectivity index (χ3v) is 3.86. The molecule has 4 heteroatoms. The van der Waals surface area contributed by atoms with Crippen LogP contribution in [0.1, 0.15) is 28.8 Å². The Kier molecular flexibility index (Phi) is 3.15. The molecule has 1 fully saturated rings. The van der Waals surface area contributed by atoms with E-state index in [4.69, 9.17) is 5.73 Å². The van der Waals surface area contributed by atoms with Gasteiger partial charge in [0.05, 0.1) is 5.01 Å². The highest BCUT2D eigenvalue weighted by Crippen LogP contribution is 2.28. The average Bonchev–Trinajstić information content (AvgIpc) is 2.65. The molecular formula is C10H17N3S. The molecule has 0 radical (unpaired) electrons. The lowest BCUT2D eigenvalue weighted by atomic mass is 9.94. The first-order valence-electron chi connectivity index (χ1n) is 5.15. The molecule has 14 heavy (non-hydrogen) atoms. The third-order valence-electron chi connectivity index (χ3n) is 2.83. The van der Waals surface area contributed by atoms with Gasteiger partial charge in [-0.15, -0.1) is 11.3 Å². The number of nitrogens with one attached hydrogen (secondary N) is 1. The lowest BCUT2D eigenvalue weighted by Gasteiger charge is -2.28. The lowest BCUT2D eigenvalue weighted by molar-refractivity contribution is 0.323. The van der Waals surface area contributed by atoms with Crippen LogP contribution in [0.25, 0.3) is 0 Å². The Bertz CT molecular complexity index is 289. The summed E-state index contributed by atoms with van der Waals surface area (Å²) in [6.45, 7) is 3.92. The highest BCUT2D eigenvalue weighted by atomic mass is 32.1. The summed E-state index contributed by atoms with van der Waals surface area (Å²) < 4.78 is 0. The van der Waals surface area contributed by atoms with Crippen molar-refractivity contribution >= 4 is 11.3 Å². The molecule has 0 spiro atoms. The van der Waals surface area contributed by atoms with Crippen molar-refractivity contribution in [2.75, 3.05) is 13.1 Å². The molecule has 0 saturated carbocycles. The molecule has 3 nitrogen and oxygen atoms in total. The van der Waals surface area contributed by atoms with E-state index in [1.807, 2.05) is 6.20 Å². The summed E-state index contributed by atoms with van der Waals surface area (Å²) in [4.78, 5) is 5.66. The first-order valence-corrected chi connectivity index (χ1v) is 5.97. The minimum atomic E-state index is 0.518. The minimum absolute atomic E-state index is 0.518. The van der Waals surface area contributed by atoms with Crippen LogP contribution in [0, 0.1) is 12.8 Å². The monoisotopic (exact) mass is 211 g/mol. The van der Waals surface area contributed by atoms with Gasteiger partial charge in [-0.3, -0.25) is 0 Å². The fraction of sp³-hybridized carbons (Fsp3) is 0.700. The van der Waals surface area contributed by atoms with Gasteiger partial charge in [-0.2, -0.15) is 0 Å². The summed E-state index contributed by atoms with van der Waals surface area (Å²) in [5, 5.41) is 4.70. The fourth-order valence-electron chi connectivity index (χ4n) is 1.90. The molecule has 2 unspecified atom stereocenters. The van der Waals surface area contributed by atoms with Crippen LogP contribution in [0.5, 0.6) is 0 Å². The maximum atomic E-state index is 5.64. The second-order valence-electron chi connectivity index (χ2n) is 3.92. The Morgan fingerprint density at radius 1 is 1.64 bits per heavy atom. The first-order chi connectivity index (χ1) is 6.79. The van der Waals surface area contributed by atoms with Crippen LogP contribution >= 0.6 is 11.3 Å². The molecule has 1 aliphatic rings. The Morgan fingerprint density at radius 2 is 2.50 bits per heavy atom. The number of thiazole rings is 1. The SMILES string of the molecule is Cc1ncc(C2CCC(CN)CN2)s1. The van der Waals surface area contributed by atoms with Gasteiger partial charge < -0.3 is 11.1 Å². The van der Waals surface area contributed by atoms with Gasteiger partial charge in [0.1, 0.15) is 0 Å². The zero-order chi connectivity index (χ0) is 9.97. The number of aromatic nitrogens is 1. The number of nitrogens with two attached hydrogens (primary N) is 1. The summed E-state index contributed by atoms with van der Waals surface area (Å²) in [6.07, 6.45) is 4.44. The quantitative estimate of drug-likeness (QED) is 0.778. The van der Waals surface area contributed by atoms with Gasteiger partial charge in [-0.05, 0) is 38.8 Å². The van der Waals surface area contributed by atoms with Gasteiger partial charge >= 0.3 is 0 Å². The largest absolute Gasteiger partial charge is 0.330 e. The second-order valence-corrected chi connectivity index (χ2v) is 5.19. The van der Waals surface area contributed by atoms with Gasteiger partial charge in [0.15, 0.2) is 0 Å². The van der Waals surface area contributed by atoms with Crippen molar-refractivity contribution < 1.29 is 0 Å².